The van der Waals surface area contributed by atoms with E-state index in [4.69, 9.17) is 0 Å². The lowest BCUT2D eigenvalue weighted by Crippen LogP contribution is -2.26. The van der Waals surface area contributed by atoms with E-state index in [1.54, 1.807) is 48.7 Å². The predicted molar refractivity (Wildman–Crippen MR) is 81.6 cm³/mol. The minimum absolute atomic E-state index is 0.0419. The van der Waals surface area contributed by atoms with Gasteiger partial charge in [-0.15, -0.1) is 11.3 Å². The number of carbonyl (C=O) groups is 1. The third-order valence-electron chi connectivity index (χ3n) is 2.66. The summed E-state index contributed by atoms with van der Waals surface area (Å²) in [5, 5.41) is 4.97. The van der Waals surface area contributed by atoms with Crippen molar-refractivity contribution in [2.24, 2.45) is 0 Å². The van der Waals surface area contributed by atoms with Gasteiger partial charge in [-0.2, -0.15) is 0 Å². The molecule has 100 valence electrons. The Morgan fingerprint density at radius 3 is 3.00 bits per heavy atom. The molecule has 0 aromatic carbocycles. The van der Waals surface area contributed by atoms with Gasteiger partial charge in [0.2, 0.25) is 0 Å². The van der Waals surface area contributed by atoms with E-state index in [1.807, 2.05) is 11.4 Å². The van der Waals surface area contributed by atoms with E-state index in [1.165, 1.54) is 0 Å². The molecule has 2 rings (SSSR count). The zero-order chi connectivity index (χ0) is 13.8. The fraction of sp³-hybridized carbons (Fsp3) is 0.231. The zero-order valence-electron chi connectivity index (χ0n) is 10.7. The fourth-order valence-electron chi connectivity index (χ4n) is 1.76. The van der Waals surface area contributed by atoms with Crippen molar-refractivity contribution in [2.45, 2.75) is 6.54 Å². The lowest BCUT2D eigenvalue weighted by atomic mass is 10.2. The van der Waals surface area contributed by atoms with Gasteiger partial charge in [0, 0.05) is 26.8 Å². The molecule has 2 heterocycles. The van der Waals surface area contributed by atoms with Gasteiger partial charge in [-0.1, -0.05) is 0 Å². The average molecular weight is 340 g/mol. The third kappa shape index (κ3) is 3.33. The van der Waals surface area contributed by atoms with Crippen LogP contribution in [0.2, 0.25) is 0 Å². The number of thiophene rings is 1. The molecular formula is C13H14BrN3OS. The molecule has 2 aromatic rings. The molecule has 1 N–H and O–H groups in total. The smallest absolute Gasteiger partial charge is 0.257 e. The van der Waals surface area contributed by atoms with Crippen LogP contribution in [0.4, 0.5) is 5.82 Å². The second-order valence-corrected chi connectivity index (χ2v) is 6.36. The first-order chi connectivity index (χ1) is 9.11. The Morgan fingerprint density at radius 1 is 1.58 bits per heavy atom. The van der Waals surface area contributed by atoms with Crippen molar-refractivity contribution in [3.8, 4) is 0 Å². The highest BCUT2D eigenvalue weighted by Gasteiger charge is 2.16. The van der Waals surface area contributed by atoms with Crippen molar-refractivity contribution < 1.29 is 4.79 Å². The topological polar surface area (TPSA) is 45.2 Å². The molecule has 0 spiro atoms. The maximum atomic E-state index is 12.4. The van der Waals surface area contributed by atoms with Gasteiger partial charge in [-0.05, 0) is 45.1 Å². The average Bonchev–Trinajstić information content (AvgIpc) is 2.83. The Bertz CT molecular complexity index is 585. The number of nitrogens with one attached hydrogen (secondary N) is 1. The first-order valence-corrected chi connectivity index (χ1v) is 7.40. The van der Waals surface area contributed by atoms with Crippen LogP contribution in [0, 0.1) is 0 Å². The number of amides is 1. The van der Waals surface area contributed by atoms with Crippen LogP contribution in [0.1, 0.15) is 15.9 Å². The summed E-state index contributed by atoms with van der Waals surface area (Å²) in [5.74, 6) is 0.561. The van der Waals surface area contributed by atoms with Crippen LogP contribution < -0.4 is 5.32 Å². The number of hydrogen-bond donors (Lipinski definition) is 1. The zero-order valence-corrected chi connectivity index (χ0v) is 13.1. The molecule has 0 atom stereocenters. The van der Waals surface area contributed by atoms with Crippen molar-refractivity contribution in [3.63, 3.8) is 0 Å². The van der Waals surface area contributed by atoms with Gasteiger partial charge in [0.05, 0.1) is 9.35 Å². The van der Waals surface area contributed by atoms with E-state index in [2.05, 4.69) is 26.2 Å². The highest BCUT2D eigenvalue weighted by Crippen LogP contribution is 2.22. The van der Waals surface area contributed by atoms with E-state index >= 15 is 0 Å². The summed E-state index contributed by atoms with van der Waals surface area (Å²) in [4.78, 5) is 18.2. The Hall–Kier alpha value is -1.40. The van der Waals surface area contributed by atoms with Gasteiger partial charge in [-0.25, -0.2) is 4.98 Å². The summed E-state index contributed by atoms with van der Waals surface area (Å²) in [6, 6.07) is 5.57. The summed E-state index contributed by atoms with van der Waals surface area (Å²) in [6.07, 6.45) is 1.67. The third-order valence-corrected chi connectivity index (χ3v) is 4.22. The molecule has 1 amide bonds. The van der Waals surface area contributed by atoms with Gasteiger partial charge < -0.3 is 10.2 Å². The van der Waals surface area contributed by atoms with Gasteiger partial charge >= 0.3 is 0 Å². The lowest BCUT2D eigenvalue weighted by Gasteiger charge is -2.17. The number of halogens is 1. The largest absolute Gasteiger partial charge is 0.372 e. The molecule has 19 heavy (non-hydrogen) atoms. The summed E-state index contributed by atoms with van der Waals surface area (Å²) in [6.45, 7) is 0.582. The molecule has 4 nitrogen and oxygen atoms in total. The number of anilines is 1. The van der Waals surface area contributed by atoms with E-state index in [0.29, 0.717) is 17.9 Å². The van der Waals surface area contributed by atoms with Crippen LogP contribution in [0.25, 0.3) is 0 Å². The number of rotatable bonds is 4. The number of aromatic nitrogens is 1. The van der Waals surface area contributed by atoms with Crippen LogP contribution in [0.3, 0.4) is 0 Å². The Morgan fingerprint density at radius 2 is 2.37 bits per heavy atom. The lowest BCUT2D eigenvalue weighted by molar-refractivity contribution is 0.0786. The van der Waals surface area contributed by atoms with Gasteiger partial charge in [0.1, 0.15) is 5.82 Å². The minimum atomic E-state index is -0.0419. The van der Waals surface area contributed by atoms with Crippen LogP contribution in [0.15, 0.2) is 33.6 Å². The molecule has 0 saturated carbocycles. The molecule has 0 saturated heterocycles. The van der Waals surface area contributed by atoms with Gasteiger partial charge in [0.15, 0.2) is 0 Å². The second-order valence-electron chi connectivity index (χ2n) is 4.07. The van der Waals surface area contributed by atoms with Crippen LogP contribution in [-0.4, -0.2) is 29.9 Å². The van der Waals surface area contributed by atoms with E-state index < -0.39 is 0 Å². The maximum absolute atomic E-state index is 12.4. The summed E-state index contributed by atoms with van der Waals surface area (Å²) >= 11 is 5.04. The Kier molecular flexibility index (Phi) is 4.55. The SMILES string of the molecule is CNc1ncccc1C(=O)N(C)Cc1csc(Br)c1. The molecule has 0 radical (unpaired) electrons. The molecule has 0 aliphatic heterocycles. The molecule has 0 unspecified atom stereocenters. The minimum Gasteiger partial charge on any atom is -0.372 e. The Balaban J connectivity index is 2.14. The van der Waals surface area contributed by atoms with Crippen molar-refractivity contribution >= 4 is 39.0 Å². The predicted octanol–water partition coefficient (Wildman–Crippen LogP) is 3.22. The number of carbonyl (C=O) groups excluding carboxylic acids is 1. The normalized spacial score (nSPS) is 10.3. The molecule has 0 aliphatic rings. The van der Waals surface area contributed by atoms with Gasteiger partial charge in [-0.3, -0.25) is 4.79 Å². The first kappa shape index (κ1) is 14.0. The highest BCUT2D eigenvalue weighted by atomic mass is 79.9. The number of pyridine rings is 1. The van der Waals surface area contributed by atoms with Crippen LogP contribution >= 0.6 is 27.3 Å². The van der Waals surface area contributed by atoms with Crippen LogP contribution in [0.5, 0.6) is 0 Å². The summed E-state index contributed by atoms with van der Waals surface area (Å²) in [5.41, 5.74) is 1.70. The maximum Gasteiger partial charge on any atom is 0.257 e. The summed E-state index contributed by atoms with van der Waals surface area (Å²) < 4.78 is 1.07. The van der Waals surface area contributed by atoms with E-state index in [0.717, 1.165) is 9.35 Å². The van der Waals surface area contributed by atoms with Gasteiger partial charge in [0.25, 0.3) is 5.91 Å². The van der Waals surface area contributed by atoms with E-state index in [-0.39, 0.29) is 5.91 Å². The molecule has 0 fully saturated rings. The monoisotopic (exact) mass is 339 g/mol. The molecular weight excluding hydrogens is 326 g/mol. The van der Waals surface area contributed by atoms with E-state index in [9.17, 15) is 4.79 Å². The summed E-state index contributed by atoms with van der Waals surface area (Å²) in [7, 11) is 3.55. The molecule has 2 aromatic heterocycles. The standard InChI is InChI=1S/C13H14BrN3OS/c1-15-12-10(4-3-5-16-12)13(18)17(2)7-9-6-11(14)19-8-9/h3-6,8H,7H2,1-2H3,(H,15,16). The van der Waals surface area contributed by atoms with Crippen molar-refractivity contribution in [1.82, 2.24) is 9.88 Å². The van der Waals surface area contributed by atoms with Crippen molar-refractivity contribution in [1.29, 1.82) is 0 Å². The Labute approximate surface area is 124 Å². The first-order valence-electron chi connectivity index (χ1n) is 5.73. The quantitative estimate of drug-likeness (QED) is 0.930. The highest BCUT2D eigenvalue weighted by molar-refractivity contribution is 9.11. The second kappa shape index (κ2) is 6.16. The molecule has 6 heteroatoms. The molecule has 0 aliphatic carbocycles. The molecule has 0 bridgehead atoms. The van der Waals surface area contributed by atoms with Crippen molar-refractivity contribution in [2.75, 3.05) is 19.4 Å². The number of nitrogens with zero attached hydrogens (tertiary/aromatic N) is 2. The fourth-order valence-corrected chi connectivity index (χ4v) is 2.96. The van der Waals surface area contributed by atoms with Crippen molar-refractivity contribution in [3.05, 3.63) is 44.7 Å². The number of hydrogen-bond acceptors (Lipinski definition) is 4. The van der Waals surface area contributed by atoms with Crippen LogP contribution in [-0.2, 0) is 6.54 Å².